The number of benzene rings is 3. The minimum absolute atomic E-state index is 0.0775. The maximum atomic E-state index is 13.6. The predicted molar refractivity (Wildman–Crippen MR) is 140 cm³/mol. The summed E-state index contributed by atoms with van der Waals surface area (Å²) in [4.78, 5) is 12.9. The van der Waals surface area contributed by atoms with Crippen LogP contribution in [0.25, 0.3) is 0 Å². The van der Waals surface area contributed by atoms with Crippen molar-refractivity contribution in [3.05, 3.63) is 88.0 Å². The van der Waals surface area contributed by atoms with Crippen molar-refractivity contribution in [1.82, 2.24) is 5.43 Å². The van der Waals surface area contributed by atoms with Gasteiger partial charge in [-0.05, 0) is 86.7 Å². The largest absolute Gasteiger partial charge is 0.495 e. The lowest BCUT2D eigenvalue weighted by molar-refractivity contribution is -0.119. The van der Waals surface area contributed by atoms with Crippen LogP contribution in [0.1, 0.15) is 33.4 Å². The molecule has 0 radical (unpaired) electrons. The standard InChI is InChI=1S/C27H31N3O4S/c1-18-7-12-24(13-8-18)35(32,33)30(25-15-19(2)9-14-26(25)34-6)17-27(31)29-28-16-23-11-10-20(3)21(4)22(23)5/h7-16H,17H2,1-6H3,(H,29,31)/b28-16-. The Kier molecular flexibility index (Phi) is 7.96. The molecule has 8 heteroatoms. The summed E-state index contributed by atoms with van der Waals surface area (Å²) in [6, 6.07) is 15.6. The third-order valence-corrected chi connectivity index (χ3v) is 7.77. The molecule has 184 valence electrons. The molecule has 0 saturated carbocycles. The highest BCUT2D eigenvalue weighted by atomic mass is 32.2. The van der Waals surface area contributed by atoms with Crippen molar-refractivity contribution < 1.29 is 17.9 Å². The average Bonchev–Trinajstić information content (AvgIpc) is 2.82. The van der Waals surface area contributed by atoms with Gasteiger partial charge in [-0.15, -0.1) is 0 Å². The van der Waals surface area contributed by atoms with Gasteiger partial charge in [-0.25, -0.2) is 13.8 Å². The number of methoxy groups -OCH3 is 1. The third-order valence-electron chi connectivity index (χ3n) is 5.99. The zero-order valence-electron chi connectivity index (χ0n) is 20.9. The van der Waals surface area contributed by atoms with Gasteiger partial charge in [0.1, 0.15) is 12.3 Å². The summed E-state index contributed by atoms with van der Waals surface area (Å²) in [5, 5.41) is 4.07. The van der Waals surface area contributed by atoms with Gasteiger partial charge in [0.05, 0.1) is 23.9 Å². The lowest BCUT2D eigenvalue weighted by atomic mass is 10.00. The molecule has 3 aromatic carbocycles. The normalized spacial score (nSPS) is 11.5. The second-order valence-corrected chi connectivity index (χ2v) is 10.4. The Morgan fingerprint density at radius 3 is 2.26 bits per heavy atom. The molecule has 0 atom stereocenters. The highest BCUT2D eigenvalue weighted by Crippen LogP contribution is 2.33. The average molecular weight is 494 g/mol. The van der Waals surface area contributed by atoms with Gasteiger partial charge in [-0.3, -0.25) is 9.10 Å². The van der Waals surface area contributed by atoms with E-state index in [0.29, 0.717) is 5.75 Å². The predicted octanol–water partition coefficient (Wildman–Crippen LogP) is 4.58. The zero-order valence-corrected chi connectivity index (χ0v) is 21.7. The number of carbonyl (C=O) groups is 1. The molecule has 0 bridgehead atoms. The number of anilines is 1. The van der Waals surface area contributed by atoms with Crippen LogP contribution in [-0.2, 0) is 14.8 Å². The molecule has 1 N–H and O–H groups in total. The number of aryl methyl sites for hydroxylation is 3. The summed E-state index contributed by atoms with van der Waals surface area (Å²) in [6.07, 6.45) is 1.56. The van der Waals surface area contributed by atoms with Crippen molar-refractivity contribution in [2.75, 3.05) is 18.0 Å². The lowest BCUT2D eigenvalue weighted by Gasteiger charge is -2.25. The Hall–Kier alpha value is -3.65. The summed E-state index contributed by atoms with van der Waals surface area (Å²) in [5.74, 6) is -0.240. The van der Waals surface area contributed by atoms with Crippen molar-refractivity contribution in [2.45, 2.75) is 39.5 Å². The number of carbonyl (C=O) groups excluding carboxylic acids is 1. The van der Waals surface area contributed by atoms with E-state index in [-0.39, 0.29) is 10.6 Å². The molecule has 0 saturated heterocycles. The number of hydrogen-bond donors (Lipinski definition) is 1. The molecule has 0 aliphatic rings. The van der Waals surface area contributed by atoms with Crippen LogP contribution >= 0.6 is 0 Å². The van der Waals surface area contributed by atoms with Crippen molar-refractivity contribution >= 4 is 27.8 Å². The van der Waals surface area contributed by atoms with E-state index in [4.69, 9.17) is 4.74 Å². The number of nitrogens with one attached hydrogen (secondary N) is 1. The summed E-state index contributed by atoms with van der Waals surface area (Å²) >= 11 is 0. The van der Waals surface area contributed by atoms with Gasteiger partial charge in [0.2, 0.25) is 0 Å². The minimum Gasteiger partial charge on any atom is -0.495 e. The first kappa shape index (κ1) is 26.0. The Morgan fingerprint density at radius 2 is 1.60 bits per heavy atom. The van der Waals surface area contributed by atoms with E-state index in [2.05, 4.69) is 10.5 Å². The Labute approximate surface area is 207 Å². The van der Waals surface area contributed by atoms with E-state index in [1.807, 2.05) is 52.8 Å². The smallest absolute Gasteiger partial charge is 0.264 e. The SMILES string of the molecule is COc1ccc(C)cc1N(CC(=O)N/N=C\c1ccc(C)c(C)c1C)S(=O)(=O)c1ccc(C)cc1. The van der Waals surface area contributed by atoms with Crippen LogP contribution < -0.4 is 14.5 Å². The van der Waals surface area contributed by atoms with Crippen LogP contribution in [0.5, 0.6) is 5.75 Å². The fourth-order valence-corrected chi connectivity index (χ4v) is 5.01. The van der Waals surface area contributed by atoms with Gasteiger partial charge >= 0.3 is 0 Å². The van der Waals surface area contributed by atoms with E-state index in [1.165, 1.54) is 24.8 Å². The number of ether oxygens (including phenoxy) is 1. The van der Waals surface area contributed by atoms with Gasteiger partial charge in [0, 0.05) is 0 Å². The minimum atomic E-state index is -4.07. The number of nitrogens with zero attached hydrogens (tertiary/aromatic N) is 2. The second kappa shape index (κ2) is 10.7. The first-order valence-corrected chi connectivity index (χ1v) is 12.6. The molecule has 0 aliphatic heterocycles. The third kappa shape index (κ3) is 5.89. The van der Waals surface area contributed by atoms with Crippen molar-refractivity contribution in [3.63, 3.8) is 0 Å². The Morgan fingerprint density at radius 1 is 0.943 bits per heavy atom. The summed E-state index contributed by atoms with van der Waals surface area (Å²) in [6.45, 7) is 9.30. The maximum Gasteiger partial charge on any atom is 0.264 e. The lowest BCUT2D eigenvalue weighted by Crippen LogP contribution is -2.39. The first-order chi connectivity index (χ1) is 16.5. The Bertz CT molecular complexity index is 1360. The van der Waals surface area contributed by atoms with E-state index >= 15 is 0 Å². The molecule has 0 aromatic heterocycles. The maximum absolute atomic E-state index is 13.6. The van der Waals surface area contributed by atoms with Gasteiger partial charge in [-0.1, -0.05) is 35.9 Å². The molecule has 0 unspecified atom stereocenters. The number of amides is 1. The van der Waals surface area contributed by atoms with Gasteiger partial charge in [-0.2, -0.15) is 5.10 Å². The molecular formula is C27H31N3O4S. The van der Waals surface area contributed by atoms with E-state index < -0.39 is 22.5 Å². The Balaban J connectivity index is 1.93. The van der Waals surface area contributed by atoms with Crippen LogP contribution in [0.4, 0.5) is 5.69 Å². The molecular weight excluding hydrogens is 462 g/mol. The molecule has 3 aromatic rings. The van der Waals surface area contributed by atoms with Gasteiger partial charge in [0.15, 0.2) is 0 Å². The summed E-state index contributed by atoms with van der Waals surface area (Å²) in [5.41, 5.74) is 8.76. The van der Waals surface area contributed by atoms with E-state index in [1.54, 1.807) is 30.5 Å². The number of hydrazone groups is 1. The molecule has 0 spiro atoms. The van der Waals surface area contributed by atoms with E-state index in [0.717, 1.165) is 32.1 Å². The number of hydrogen-bond acceptors (Lipinski definition) is 5. The molecule has 3 rings (SSSR count). The molecule has 1 amide bonds. The zero-order chi connectivity index (χ0) is 25.8. The number of sulfonamides is 1. The summed E-state index contributed by atoms with van der Waals surface area (Å²) < 4.78 is 33.7. The van der Waals surface area contributed by atoms with Crippen LogP contribution in [-0.4, -0.2) is 34.2 Å². The molecule has 0 fully saturated rings. The molecule has 7 nitrogen and oxygen atoms in total. The second-order valence-electron chi connectivity index (χ2n) is 8.51. The van der Waals surface area contributed by atoms with Crippen LogP contribution in [0.15, 0.2) is 64.6 Å². The summed E-state index contributed by atoms with van der Waals surface area (Å²) in [7, 11) is -2.61. The number of rotatable bonds is 8. The molecule has 0 heterocycles. The van der Waals surface area contributed by atoms with Crippen LogP contribution in [0, 0.1) is 34.6 Å². The van der Waals surface area contributed by atoms with E-state index in [9.17, 15) is 13.2 Å². The monoisotopic (exact) mass is 493 g/mol. The topological polar surface area (TPSA) is 88.1 Å². The van der Waals surface area contributed by atoms with Crippen molar-refractivity contribution in [3.8, 4) is 5.75 Å². The van der Waals surface area contributed by atoms with Crippen LogP contribution in [0.2, 0.25) is 0 Å². The molecule has 35 heavy (non-hydrogen) atoms. The highest BCUT2D eigenvalue weighted by Gasteiger charge is 2.29. The fourth-order valence-electron chi connectivity index (χ4n) is 3.59. The van der Waals surface area contributed by atoms with Crippen LogP contribution in [0.3, 0.4) is 0 Å². The van der Waals surface area contributed by atoms with Crippen molar-refractivity contribution in [2.24, 2.45) is 5.10 Å². The quantitative estimate of drug-likeness (QED) is 0.367. The first-order valence-electron chi connectivity index (χ1n) is 11.2. The fraction of sp³-hybridized carbons (Fsp3) is 0.259. The van der Waals surface area contributed by atoms with Gasteiger partial charge < -0.3 is 4.74 Å². The molecule has 0 aliphatic carbocycles. The highest BCUT2D eigenvalue weighted by molar-refractivity contribution is 7.92. The van der Waals surface area contributed by atoms with Crippen molar-refractivity contribution in [1.29, 1.82) is 0 Å². The van der Waals surface area contributed by atoms with Gasteiger partial charge in [0.25, 0.3) is 15.9 Å².